The van der Waals surface area contributed by atoms with Gasteiger partial charge < -0.3 is 14.6 Å². The standard InChI is InChI=1S/C23H24F4N4O3.C11H17NO4/c1-22(2,3)34-21(33)31-15-6-12(7-15)19(31)18(32)5-4-14-8-16(17(24)11-28-14)13-9-29-20(30-10-13)23(25,26)27;1-11(2,3)16-10(15)12-7-4-6(5-7)8(12)9(13)14/h8-12,15,19H,4-7H2,1-3H3;6-8H,4-5H2,1-3H3,(H,13,14). The summed E-state index contributed by atoms with van der Waals surface area (Å²) in [6.45, 7) is 10.6. The van der Waals surface area contributed by atoms with Crippen LogP contribution in [0.3, 0.4) is 0 Å². The van der Waals surface area contributed by atoms with Crippen LogP contribution in [-0.2, 0) is 31.7 Å². The van der Waals surface area contributed by atoms with E-state index >= 15 is 0 Å². The van der Waals surface area contributed by atoms with Crippen molar-refractivity contribution in [2.45, 2.75) is 122 Å². The number of hydrogen-bond donors (Lipinski definition) is 1. The molecule has 2 aromatic rings. The van der Waals surface area contributed by atoms with E-state index in [1.807, 2.05) is 0 Å². The van der Waals surface area contributed by atoms with Crippen molar-refractivity contribution >= 4 is 23.9 Å². The van der Waals surface area contributed by atoms with E-state index in [2.05, 4.69) is 15.0 Å². The fourth-order valence-corrected chi connectivity index (χ4v) is 6.88. The SMILES string of the molecule is CC(C)(C)OC(=O)N1C2CC(C2)C1C(=O)CCc1cc(-c2cnc(C(F)(F)F)nc2)c(F)cn1.CC(C)(C)OC(=O)N1C2CC(C2)C1C(=O)O. The van der Waals surface area contributed by atoms with Crippen LogP contribution >= 0.6 is 0 Å². The second-order valence-corrected chi connectivity index (χ2v) is 15.2. The van der Waals surface area contributed by atoms with Gasteiger partial charge >= 0.3 is 24.3 Å². The third-order valence-corrected chi connectivity index (χ3v) is 9.13. The monoisotopic (exact) mass is 707 g/mol. The number of aryl methyl sites for hydroxylation is 1. The van der Waals surface area contributed by atoms with Crippen LogP contribution in [0.4, 0.5) is 27.2 Å². The number of ketones is 1. The fraction of sp³-hybridized carbons (Fsp3) is 0.618. The van der Waals surface area contributed by atoms with Crippen LogP contribution in [0.5, 0.6) is 0 Å². The third-order valence-electron chi connectivity index (χ3n) is 9.13. The van der Waals surface area contributed by atoms with Crippen LogP contribution in [0.25, 0.3) is 11.1 Å². The molecule has 272 valence electrons. The lowest BCUT2D eigenvalue weighted by molar-refractivity contribution is -0.145. The summed E-state index contributed by atoms with van der Waals surface area (Å²) >= 11 is 0. The second kappa shape index (κ2) is 13.4. The Morgan fingerprint density at radius 2 is 1.28 bits per heavy atom. The lowest BCUT2D eigenvalue weighted by Crippen LogP contribution is -2.44. The van der Waals surface area contributed by atoms with Crippen LogP contribution in [-0.4, -0.2) is 89.2 Å². The number of carbonyl (C=O) groups excluding carboxylic acids is 3. The minimum Gasteiger partial charge on any atom is -0.480 e. The molecule has 0 radical (unpaired) electrons. The molecular weight excluding hydrogens is 666 g/mol. The minimum absolute atomic E-state index is 0.00372. The van der Waals surface area contributed by atoms with Gasteiger partial charge in [-0.25, -0.2) is 28.7 Å². The number of aliphatic carboxylic acids is 1. The number of Topliss-reactive ketones (excluding diaryl/α,β-unsaturated/α-hetero) is 1. The van der Waals surface area contributed by atoms with Gasteiger partial charge in [-0.3, -0.25) is 19.6 Å². The Hall–Kier alpha value is -4.37. The third kappa shape index (κ3) is 7.99. The lowest BCUT2D eigenvalue weighted by Gasteiger charge is -2.29. The number of hydrogen-bond acceptors (Lipinski definition) is 9. The number of alkyl halides is 3. The number of amides is 2. The molecule has 16 heteroatoms. The van der Waals surface area contributed by atoms with Crippen molar-refractivity contribution in [1.29, 1.82) is 0 Å². The highest BCUT2D eigenvalue weighted by Crippen LogP contribution is 2.48. The van der Waals surface area contributed by atoms with Crippen LogP contribution < -0.4 is 0 Å². The van der Waals surface area contributed by atoms with E-state index in [4.69, 9.17) is 14.6 Å². The van der Waals surface area contributed by atoms with Crippen molar-refractivity contribution < 1.29 is 51.3 Å². The van der Waals surface area contributed by atoms with Gasteiger partial charge in [-0.1, -0.05) is 0 Å². The van der Waals surface area contributed by atoms with E-state index < -0.39 is 59.3 Å². The molecule has 4 aliphatic heterocycles. The molecule has 12 nitrogen and oxygen atoms in total. The largest absolute Gasteiger partial charge is 0.480 e. The summed E-state index contributed by atoms with van der Waals surface area (Å²) in [6, 6.07) is 0.210. The van der Waals surface area contributed by atoms with Gasteiger partial charge in [0.25, 0.3) is 0 Å². The van der Waals surface area contributed by atoms with Gasteiger partial charge in [0.15, 0.2) is 5.78 Å². The maximum absolute atomic E-state index is 14.3. The average molecular weight is 708 g/mol. The first-order chi connectivity index (χ1) is 23.1. The average Bonchev–Trinajstić information content (AvgIpc) is 3.71. The molecule has 6 fully saturated rings. The molecule has 1 N–H and O–H groups in total. The predicted octanol–water partition coefficient (Wildman–Crippen LogP) is 6.07. The molecule has 2 unspecified atom stereocenters. The van der Waals surface area contributed by atoms with Crippen molar-refractivity contribution in [3.8, 4) is 11.1 Å². The summed E-state index contributed by atoms with van der Waals surface area (Å²) in [6.07, 6.45) is 0.448. The number of aromatic nitrogens is 3. The summed E-state index contributed by atoms with van der Waals surface area (Å²) in [5.74, 6) is -2.88. The normalized spacial score (nSPS) is 25.2. The maximum Gasteiger partial charge on any atom is 0.451 e. The smallest absolute Gasteiger partial charge is 0.451 e. The number of ether oxygens (including phenoxy) is 2. The number of halogens is 4. The molecule has 4 bridgehead atoms. The Labute approximate surface area is 286 Å². The Morgan fingerprint density at radius 3 is 1.74 bits per heavy atom. The van der Waals surface area contributed by atoms with E-state index in [0.717, 1.165) is 44.3 Å². The number of carboxylic acid groups (broad SMARTS) is 1. The highest BCUT2D eigenvalue weighted by Gasteiger charge is 2.57. The van der Waals surface area contributed by atoms with Crippen LogP contribution in [0.2, 0.25) is 0 Å². The first-order valence-electron chi connectivity index (χ1n) is 16.4. The van der Waals surface area contributed by atoms with Gasteiger partial charge in [-0.05, 0) is 91.5 Å². The van der Waals surface area contributed by atoms with Crippen molar-refractivity contribution in [3.05, 3.63) is 42.0 Å². The van der Waals surface area contributed by atoms with Crippen molar-refractivity contribution in [2.24, 2.45) is 11.8 Å². The van der Waals surface area contributed by atoms with Crippen LogP contribution in [0.15, 0.2) is 24.7 Å². The summed E-state index contributed by atoms with van der Waals surface area (Å²) in [5.41, 5.74) is -0.807. The molecule has 6 aliphatic rings. The highest BCUT2D eigenvalue weighted by molar-refractivity contribution is 5.89. The number of nitrogens with zero attached hydrogens (tertiary/aromatic N) is 5. The maximum atomic E-state index is 14.3. The Balaban J connectivity index is 0.000000253. The number of rotatable bonds is 6. The molecule has 2 saturated carbocycles. The Kier molecular flexibility index (Phi) is 9.89. The molecule has 2 aromatic heterocycles. The van der Waals surface area contributed by atoms with Crippen LogP contribution in [0.1, 0.15) is 85.2 Å². The van der Waals surface area contributed by atoms with Gasteiger partial charge in [0.05, 0.1) is 12.2 Å². The quantitative estimate of drug-likeness (QED) is 0.351. The lowest BCUT2D eigenvalue weighted by atomic mass is 9.81. The van der Waals surface area contributed by atoms with E-state index in [1.54, 1.807) is 46.4 Å². The molecule has 6 heterocycles. The number of pyridine rings is 1. The van der Waals surface area contributed by atoms with Gasteiger partial charge in [0.2, 0.25) is 5.82 Å². The van der Waals surface area contributed by atoms with E-state index in [1.165, 1.54) is 11.0 Å². The number of carbonyl (C=O) groups is 4. The van der Waals surface area contributed by atoms with E-state index in [0.29, 0.717) is 5.69 Å². The van der Waals surface area contributed by atoms with Crippen molar-refractivity contribution in [1.82, 2.24) is 24.8 Å². The van der Waals surface area contributed by atoms with Gasteiger partial charge in [-0.2, -0.15) is 13.2 Å². The molecular formula is C34H41F4N5O7. The topological polar surface area (TPSA) is 152 Å². The van der Waals surface area contributed by atoms with Gasteiger partial charge in [0, 0.05) is 47.7 Å². The van der Waals surface area contributed by atoms with Crippen molar-refractivity contribution in [3.63, 3.8) is 0 Å². The molecule has 8 rings (SSSR count). The predicted molar refractivity (Wildman–Crippen MR) is 168 cm³/mol. The zero-order chi connectivity index (χ0) is 36.9. The Bertz CT molecular complexity index is 1630. The molecule has 2 atom stereocenters. The summed E-state index contributed by atoms with van der Waals surface area (Å²) in [7, 11) is 0. The zero-order valence-electron chi connectivity index (χ0n) is 28.7. The first kappa shape index (κ1) is 36.9. The highest BCUT2D eigenvalue weighted by atomic mass is 19.4. The van der Waals surface area contributed by atoms with Crippen LogP contribution in [0, 0.1) is 17.7 Å². The summed E-state index contributed by atoms with van der Waals surface area (Å²) in [4.78, 5) is 62.0. The second-order valence-electron chi connectivity index (χ2n) is 15.2. The number of fused-ring (bicyclic) bond motifs is 2. The fourth-order valence-electron chi connectivity index (χ4n) is 6.88. The zero-order valence-corrected chi connectivity index (χ0v) is 28.7. The van der Waals surface area contributed by atoms with Crippen molar-refractivity contribution in [2.75, 3.05) is 0 Å². The van der Waals surface area contributed by atoms with E-state index in [9.17, 15) is 36.7 Å². The Morgan fingerprint density at radius 1 is 0.800 bits per heavy atom. The van der Waals surface area contributed by atoms with Gasteiger partial charge in [0.1, 0.15) is 23.1 Å². The first-order valence-corrected chi connectivity index (χ1v) is 16.4. The number of carboxylic acids is 1. The minimum atomic E-state index is -4.70. The van der Waals surface area contributed by atoms with E-state index in [-0.39, 0.29) is 53.7 Å². The van der Waals surface area contributed by atoms with Gasteiger partial charge in [-0.15, -0.1) is 0 Å². The molecule has 50 heavy (non-hydrogen) atoms. The molecule has 4 saturated heterocycles. The molecule has 2 amide bonds. The summed E-state index contributed by atoms with van der Waals surface area (Å²) in [5, 5.41) is 9.08. The molecule has 0 aromatic carbocycles. The summed E-state index contributed by atoms with van der Waals surface area (Å²) < 4.78 is 63.0. The molecule has 0 spiro atoms. The molecule has 2 aliphatic carbocycles.